The third kappa shape index (κ3) is 3.04. The van der Waals surface area contributed by atoms with Crippen molar-refractivity contribution in [3.8, 4) is 11.6 Å². The van der Waals surface area contributed by atoms with Gasteiger partial charge < -0.3 is 15.2 Å². The summed E-state index contributed by atoms with van der Waals surface area (Å²) in [5, 5.41) is 2.59. The smallest absolute Gasteiger partial charge is 0.417 e. The summed E-state index contributed by atoms with van der Waals surface area (Å²) in [6, 6.07) is 8.51. The van der Waals surface area contributed by atoms with Crippen LogP contribution in [-0.4, -0.2) is 23.5 Å². The van der Waals surface area contributed by atoms with Crippen molar-refractivity contribution in [2.24, 2.45) is 5.73 Å². The van der Waals surface area contributed by atoms with Crippen molar-refractivity contribution in [2.75, 3.05) is 12.4 Å². The van der Waals surface area contributed by atoms with Crippen LogP contribution in [0.4, 0.5) is 9.80 Å². The number of benzene rings is 1. The molecule has 0 bridgehead atoms. The molecule has 0 fully saturated rings. The van der Waals surface area contributed by atoms with Gasteiger partial charge in [0.15, 0.2) is 0 Å². The van der Waals surface area contributed by atoms with E-state index in [1.165, 1.54) is 7.11 Å². The third-order valence-corrected chi connectivity index (χ3v) is 3.02. The molecule has 2 amide bonds. The normalized spacial score (nSPS) is 9.85. The van der Waals surface area contributed by atoms with E-state index in [2.05, 4.69) is 9.69 Å². The number of hydrogen-bond donors (Lipinski definition) is 2. The molecule has 2 aromatic rings. The zero-order valence-electron chi connectivity index (χ0n) is 10.5. The summed E-state index contributed by atoms with van der Waals surface area (Å²) in [6.07, 6.45) is -0.745. The Hall–Kier alpha value is -2.61. The van der Waals surface area contributed by atoms with E-state index in [-0.39, 0.29) is 16.4 Å². The molecule has 1 aromatic carbocycles. The largest absolute Gasteiger partial charge is 0.480 e. The molecule has 104 valence electrons. The lowest BCUT2D eigenvalue weighted by Gasteiger charge is -2.05. The molecule has 0 spiro atoms. The second-order valence-corrected chi connectivity index (χ2v) is 4.36. The van der Waals surface area contributed by atoms with Crippen molar-refractivity contribution < 1.29 is 19.1 Å². The van der Waals surface area contributed by atoms with Crippen LogP contribution < -0.4 is 20.5 Å². The number of ether oxygens (including phenoxy) is 2. The van der Waals surface area contributed by atoms with E-state index >= 15 is 0 Å². The van der Waals surface area contributed by atoms with Gasteiger partial charge in [0.05, 0.1) is 7.11 Å². The topological polar surface area (TPSA) is 104 Å². The lowest BCUT2D eigenvalue weighted by Crippen LogP contribution is -2.19. The fourth-order valence-corrected chi connectivity index (χ4v) is 2.18. The van der Waals surface area contributed by atoms with Gasteiger partial charge in [-0.2, -0.15) is 4.37 Å². The van der Waals surface area contributed by atoms with Crippen LogP contribution in [0.5, 0.6) is 11.6 Å². The highest BCUT2D eigenvalue weighted by atomic mass is 32.1. The first-order valence-corrected chi connectivity index (χ1v) is 6.26. The van der Waals surface area contributed by atoms with Crippen molar-refractivity contribution in [3.05, 3.63) is 35.9 Å². The number of nitrogens with zero attached hydrogens (tertiary/aromatic N) is 1. The number of methoxy groups -OCH3 is 1. The number of rotatable bonds is 4. The molecule has 0 unspecified atom stereocenters. The first kappa shape index (κ1) is 13.8. The molecule has 1 aromatic heterocycles. The number of amides is 2. The van der Waals surface area contributed by atoms with E-state index in [0.717, 1.165) is 11.5 Å². The van der Waals surface area contributed by atoms with E-state index in [1.54, 1.807) is 30.3 Å². The summed E-state index contributed by atoms with van der Waals surface area (Å²) in [6.45, 7) is 0. The molecule has 0 atom stereocenters. The van der Waals surface area contributed by atoms with Crippen LogP contribution in [0.25, 0.3) is 0 Å². The predicted molar refractivity (Wildman–Crippen MR) is 73.3 cm³/mol. The minimum Gasteiger partial charge on any atom is -0.480 e. The average Bonchev–Trinajstić information content (AvgIpc) is 2.82. The van der Waals surface area contributed by atoms with Crippen molar-refractivity contribution in [1.82, 2.24) is 4.37 Å². The second-order valence-electron chi connectivity index (χ2n) is 3.59. The minimum atomic E-state index is -0.745. The maximum absolute atomic E-state index is 11.7. The molecule has 1 heterocycles. The van der Waals surface area contributed by atoms with Gasteiger partial charge in [-0.15, -0.1) is 0 Å². The van der Waals surface area contributed by atoms with Crippen LogP contribution in [0.2, 0.25) is 0 Å². The van der Waals surface area contributed by atoms with Gasteiger partial charge in [-0.05, 0) is 23.7 Å². The Kier molecular flexibility index (Phi) is 4.16. The fraction of sp³-hybridized carbons (Fsp3) is 0.0833. The number of hydrogen-bond acceptors (Lipinski definition) is 6. The van der Waals surface area contributed by atoms with E-state index in [0.29, 0.717) is 5.75 Å². The Morgan fingerprint density at radius 2 is 2.00 bits per heavy atom. The maximum atomic E-state index is 11.7. The SMILES string of the molecule is COc1nsc(NC(=O)Oc2ccccc2)c1C(N)=O. The lowest BCUT2D eigenvalue weighted by atomic mass is 10.3. The molecule has 7 nitrogen and oxygen atoms in total. The molecule has 0 radical (unpaired) electrons. The van der Waals surface area contributed by atoms with E-state index in [4.69, 9.17) is 15.2 Å². The van der Waals surface area contributed by atoms with Gasteiger partial charge in [-0.3, -0.25) is 10.1 Å². The molecular weight excluding hydrogens is 282 g/mol. The Balaban J connectivity index is 2.12. The van der Waals surface area contributed by atoms with Crippen molar-refractivity contribution in [2.45, 2.75) is 0 Å². The number of anilines is 1. The molecule has 0 aliphatic heterocycles. The quantitative estimate of drug-likeness (QED) is 0.895. The highest BCUT2D eigenvalue weighted by Gasteiger charge is 2.21. The Bertz CT molecular complexity index is 627. The fourth-order valence-electron chi connectivity index (χ4n) is 1.43. The molecule has 3 N–H and O–H groups in total. The molecule has 0 aliphatic rings. The summed E-state index contributed by atoms with van der Waals surface area (Å²) in [7, 11) is 1.35. The van der Waals surface area contributed by atoms with Gasteiger partial charge in [0.1, 0.15) is 16.3 Å². The number of para-hydroxylation sites is 1. The van der Waals surface area contributed by atoms with Gasteiger partial charge in [0, 0.05) is 0 Å². The average molecular weight is 293 g/mol. The van der Waals surface area contributed by atoms with Gasteiger partial charge in [0.2, 0.25) is 5.88 Å². The van der Waals surface area contributed by atoms with Crippen LogP contribution in [0.1, 0.15) is 10.4 Å². The number of aromatic nitrogens is 1. The van der Waals surface area contributed by atoms with Gasteiger partial charge >= 0.3 is 6.09 Å². The third-order valence-electron chi connectivity index (χ3n) is 2.27. The summed E-state index contributed by atoms with van der Waals surface area (Å²) < 4.78 is 13.8. The summed E-state index contributed by atoms with van der Waals surface area (Å²) in [5.74, 6) is -0.301. The van der Waals surface area contributed by atoms with Crippen molar-refractivity contribution in [3.63, 3.8) is 0 Å². The highest BCUT2D eigenvalue weighted by Crippen LogP contribution is 2.30. The van der Waals surface area contributed by atoms with E-state index in [9.17, 15) is 9.59 Å². The van der Waals surface area contributed by atoms with Crippen LogP contribution in [0, 0.1) is 0 Å². The first-order chi connectivity index (χ1) is 9.61. The molecule has 20 heavy (non-hydrogen) atoms. The minimum absolute atomic E-state index is 0.0162. The molecule has 0 saturated carbocycles. The second kappa shape index (κ2) is 6.02. The maximum Gasteiger partial charge on any atom is 0.417 e. The van der Waals surface area contributed by atoms with E-state index < -0.39 is 12.0 Å². The molecular formula is C12H11N3O4S. The van der Waals surface area contributed by atoms with Crippen molar-refractivity contribution in [1.29, 1.82) is 0 Å². The number of carbonyl (C=O) groups excluding carboxylic acids is 2. The van der Waals surface area contributed by atoms with Crippen LogP contribution in [-0.2, 0) is 0 Å². The monoisotopic (exact) mass is 293 g/mol. The highest BCUT2D eigenvalue weighted by molar-refractivity contribution is 7.11. The summed E-state index contributed by atoms with van der Waals surface area (Å²) in [5.41, 5.74) is 5.24. The number of primary amides is 1. The van der Waals surface area contributed by atoms with Crippen molar-refractivity contribution >= 4 is 28.5 Å². The molecule has 2 rings (SSSR count). The standard InChI is InChI=1S/C12H11N3O4S/c1-18-10-8(9(13)16)11(20-15-10)14-12(17)19-7-5-3-2-4-6-7/h2-6H,1H3,(H2,13,16)(H,14,17). The van der Waals surface area contributed by atoms with Gasteiger partial charge in [0.25, 0.3) is 5.91 Å². The number of nitrogens with one attached hydrogen (secondary N) is 1. The zero-order valence-corrected chi connectivity index (χ0v) is 11.3. The van der Waals surface area contributed by atoms with Gasteiger partial charge in [-0.1, -0.05) is 18.2 Å². The Morgan fingerprint density at radius 1 is 1.30 bits per heavy atom. The van der Waals surface area contributed by atoms with Crippen LogP contribution in [0.3, 0.4) is 0 Å². The van der Waals surface area contributed by atoms with Crippen LogP contribution in [0.15, 0.2) is 30.3 Å². The molecule has 0 aliphatic carbocycles. The Labute approximate surface area is 118 Å². The zero-order chi connectivity index (χ0) is 14.5. The Morgan fingerprint density at radius 3 is 2.60 bits per heavy atom. The molecule has 0 saturated heterocycles. The molecule has 8 heteroatoms. The number of nitrogens with two attached hydrogens (primary N) is 1. The van der Waals surface area contributed by atoms with E-state index in [1.807, 2.05) is 0 Å². The van der Waals surface area contributed by atoms with Crippen LogP contribution >= 0.6 is 11.5 Å². The summed E-state index contributed by atoms with van der Waals surface area (Å²) in [4.78, 5) is 23.0. The lowest BCUT2D eigenvalue weighted by molar-refractivity contribution is 0.0998. The predicted octanol–water partition coefficient (Wildman–Crippen LogP) is 1.86. The van der Waals surface area contributed by atoms with Gasteiger partial charge in [-0.25, -0.2) is 4.79 Å². The number of carbonyl (C=O) groups is 2. The first-order valence-electron chi connectivity index (χ1n) is 5.49. The summed E-state index contributed by atoms with van der Waals surface area (Å²) >= 11 is 0.880.